The number of nitro benzene ring substituents is 1. The molecule has 1 aromatic rings. The van der Waals surface area contributed by atoms with Gasteiger partial charge in [-0.25, -0.2) is 4.79 Å². The maximum Gasteiger partial charge on any atom is 0.335 e. The first-order valence-electron chi connectivity index (χ1n) is 4.77. The van der Waals surface area contributed by atoms with E-state index >= 15 is 0 Å². The SMILES string of the molecule is [2H]c1c([2H])c([N+](=O)[O-])c([2H])c([2H])c1C(=O)O. The number of nitro groups is 1. The lowest BCUT2D eigenvalue weighted by atomic mass is 10.2. The number of carbonyl (C=O) groups is 1. The molecule has 12 heavy (non-hydrogen) atoms. The van der Waals surface area contributed by atoms with E-state index in [-0.39, 0.29) is 0 Å². The van der Waals surface area contributed by atoms with Crippen LogP contribution in [0.15, 0.2) is 24.2 Å². The van der Waals surface area contributed by atoms with Gasteiger partial charge in [-0.1, -0.05) is 0 Å². The van der Waals surface area contributed by atoms with Crippen molar-refractivity contribution in [1.82, 2.24) is 0 Å². The summed E-state index contributed by atoms with van der Waals surface area (Å²) >= 11 is 0. The van der Waals surface area contributed by atoms with Gasteiger partial charge in [0, 0.05) is 12.1 Å². The van der Waals surface area contributed by atoms with Crippen molar-refractivity contribution >= 4 is 11.7 Å². The Hall–Kier alpha value is -1.91. The van der Waals surface area contributed by atoms with Crippen molar-refractivity contribution in [3.8, 4) is 0 Å². The van der Waals surface area contributed by atoms with Crippen LogP contribution in [0.5, 0.6) is 0 Å². The van der Waals surface area contributed by atoms with E-state index in [4.69, 9.17) is 10.6 Å². The molecule has 0 bridgehead atoms. The molecule has 0 aliphatic rings. The number of carboxylic acid groups (broad SMARTS) is 1. The second-order valence-electron chi connectivity index (χ2n) is 1.79. The highest BCUT2D eigenvalue weighted by Crippen LogP contribution is 2.11. The van der Waals surface area contributed by atoms with Crippen molar-refractivity contribution < 1.29 is 20.3 Å². The fraction of sp³-hybridized carbons (Fsp3) is 0. The summed E-state index contributed by atoms with van der Waals surface area (Å²) in [6.07, 6.45) is 0. The fourth-order valence-electron chi connectivity index (χ4n) is 0.504. The van der Waals surface area contributed by atoms with Gasteiger partial charge in [-0.2, -0.15) is 0 Å². The van der Waals surface area contributed by atoms with Gasteiger partial charge in [0.2, 0.25) is 0 Å². The number of nitrogens with zero attached hydrogens (tertiary/aromatic N) is 1. The van der Waals surface area contributed by atoms with Crippen LogP contribution in [0, 0.1) is 10.1 Å². The first kappa shape index (κ1) is 4.20. The molecule has 0 saturated carbocycles. The van der Waals surface area contributed by atoms with E-state index in [0.717, 1.165) is 0 Å². The first-order valence-corrected chi connectivity index (χ1v) is 2.77. The zero-order chi connectivity index (χ0) is 12.6. The van der Waals surface area contributed by atoms with Gasteiger partial charge in [0.15, 0.2) is 0 Å². The molecule has 62 valence electrons. The summed E-state index contributed by atoms with van der Waals surface area (Å²) in [5.41, 5.74) is -1.90. The summed E-state index contributed by atoms with van der Waals surface area (Å²) in [7, 11) is 0. The minimum absolute atomic E-state index is 0.874. The fourth-order valence-corrected chi connectivity index (χ4v) is 0.504. The van der Waals surface area contributed by atoms with E-state index in [1.54, 1.807) is 0 Å². The van der Waals surface area contributed by atoms with Crippen LogP contribution in [-0.4, -0.2) is 16.0 Å². The number of hydrogen-bond acceptors (Lipinski definition) is 3. The van der Waals surface area contributed by atoms with Crippen LogP contribution >= 0.6 is 0 Å². The Labute approximate surface area is 73.0 Å². The summed E-state index contributed by atoms with van der Waals surface area (Å²) < 4.78 is 28.8. The summed E-state index contributed by atoms with van der Waals surface area (Å²) in [4.78, 5) is 20.1. The predicted octanol–water partition coefficient (Wildman–Crippen LogP) is 1.29. The molecule has 0 fully saturated rings. The van der Waals surface area contributed by atoms with Crippen LogP contribution in [-0.2, 0) is 0 Å². The van der Waals surface area contributed by atoms with Crippen molar-refractivity contribution in [2.45, 2.75) is 0 Å². The molecule has 5 heteroatoms. The average molecular weight is 171 g/mol. The molecule has 0 heterocycles. The van der Waals surface area contributed by atoms with Crippen LogP contribution < -0.4 is 0 Å². The van der Waals surface area contributed by atoms with Crippen molar-refractivity contribution in [2.24, 2.45) is 0 Å². The summed E-state index contributed by atoms with van der Waals surface area (Å²) in [5, 5.41) is 19.1. The second-order valence-corrected chi connectivity index (χ2v) is 1.79. The van der Waals surface area contributed by atoms with Gasteiger partial charge in [0.25, 0.3) is 5.69 Å². The number of hydrogen-bond donors (Lipinski definition) is 1. The molecule has 1 aromatic carbocycles. The Morgan fingerprint density at radius 1 is 1.50 bits per heavy atom. The van der Waals surface area contributed by atoms with Crippen molar-refractivity contribution in [2.75, 3.05) is 0 Å². The summed E-state index contributed by atoms with van der Waals surface area (Å²) in [6.45, 7) is 0. The highest BCUT2D eigenvalue weighted by atomic mass is 16.6. The molecule has 0 aromatic heterocycles. The number of benzene rings is 1. The third-order valence-electron chi connectivity index (χ3n) is 1.01. The smallest absolute Gasteiger partial charge is 0.335 e. The van der Waals surface area contributed by atoms with Crippen molar-refractivity contribution in [3.63, 3.8) is 0 Å². The molecule has 0 aliphatic carbocycles. The molecular weight excluding hydrogens is 162 g/mol. The Balaban J connectivity index is 3.77. The van der Waals surface area contributed by atoms with Crippen LogP contribution in [0.25, 0.3) is 0 Å². The summed E-state index contributed by atoms with van der Waals surface area (Å²) in [6, 6.07) is -3.80. The molecular formula is C7H5NO4. The van der Waals surface area contributed by atoms with Gasteiger partial charge >= 0.3 is 5.97 Å². The highest BCUT2D eigenvalue weighted by molar-refractivity contribution is 5.87. The number of aromatic carboxylic acids is 1. The monoisotopic (exact) mass is 171 g/mol. The Bertz CT molecular complexity index is 428. The van der Waals surface area contributed by atoms with Crippen LogP contribution in [0.2, 0.25) is 0 Å². The van der Waals surface area contributed by atoms with Gasteiger partial charge < -0.3 is 5.11 Å². The third-order valence-corrected chi connectivity index (χ3v) is 1.01. The maximum absolute atomic E-state index is 10.7. The van der Waals surface area contributed by atoms with Gasteiger partial charge in [0.05, 0.1) is 16.0 Å². The highest BCUT2D eigenvalue weighted by Gasteiger charge is 2.06. The van der Waals surface area contributed by atoms with E-state index in [9.17, 15) is 14.9 Å². The zero-order valence-corrected chi connectivity index (χ0v) is 5.62. The lowest BCUT2D eigenvalue weighted by Crippen LogP contribution is -1.96. The van der Waals surface area contributed by atoms with Gasteiger partial charge in [0.1, 0.15) is 0 Å². The molecule has 0 amide bonds. The minimum atomic E-state index is -1.66. The van der Waals surface area contributed by atoms with Crippen molar-refractivity contribution in [1.29, 1.82) is 0 Å². The molecule has 5 nitrogen and oxygen atoms in total. The first-order chi connectivity index (χ1) is 7.29. The Morgan fingerprint density at radius 2 is 2.00 bits per heavy atom. The zero-order valence-electron chi connectivity index (χ0n) is 9.62. The topological polar surface area (TPSA) is 80.4 Å². The van der Waals surface area contributed by atoms with Gasteiger partial charge in [-0.15, -0.1) is 0 Å². The molecule has 0 saturated heterocycles. The van der Waals surface area contributed by atoms with E-state index in [2.05, 4.69) is 0 Å². The minimum Gasteiger partial charge on any atom is -0.478 e. The average Bonchev–Trinajstić information content (AvgIpc) is 2.14. The van der Waals surface area contributed by atoms with Crippen LogP contribution in [0.1, 0.15) is 15.8 Å². The quantitative estimate of drug-likeness (QED) is 0.537. The largest absolute Gasteiger partial charge is 0.478 e. The molecule has 0 spiro atoms. The van der Waals surface area contributed by atoms with Gasteiger partial charge in [-0.3, -0.25) is 10.1 Å². The van der Waals surface area contributed by atoms with E-state index in [1.807, 2.05) is 0 Å². The third kappa shape index (κ3) is 1.57. The number of carboxylic acids is 1. The lowest BCUT2D eigenvalue weighted by Gasteiger charge is -1.92. The van der Waals surface area contributed by atoms with Crippen LogP contribution in [0.3, 0.4) is 0 Å². The van der Waals surface area contributed by atoms with Crippen molar-refractivity contribution in [3.05, 3.63) is 39.8 Å². The molecule has 0 atom stereocenters. The molecule has 0 radical (unpaired) electrons. The van der Waals surface area contributed by atoms with Crippen LogP contribution in [0.4, 0.5) is 5.69 Å². The molecule has 0 aliphatic heterocycles. The normalized spacial score (nSPS) is 14.0. The molecule has 0 unspecified atom stereocenters. The second kappa shape index (κ2) is 3.00. The van der Waals surface area contributed by atoms with E-state index in [1.165, 1.54) is 0 Å². The van der Waals surface area contributed by atoms with Gasteiger partial charge in [-0.05, 0) is 12.1 Å². The summed E-state index contributed by atoms with van der Waals surface area (Å²) in [5.74, 6) is -1.66. The molecule has 1 rings (SSSR count). The van der Waals surface area contributed by atoms with E-state index < -0.39 is 46.3 Å². The number of rotatable bonds is 2. The standard InChI is InChI=1S/C7H5NO4/c9-7(10)5-1-3-6(4-2-5)8(11)12/h1-4H,(H,9,10)/i1D,2D,3D,4D. The predicted molar refractivity (Wildman–Crippen MR) is 40.1 cm³/mol. The Kier molecular flexibility index (Phi) is 1.05. The Morgan fingerprint density at radius 3 is 2.33 bits per heavy atom. The maximum atomic E-state index is 10.7. The van der Waals surface area contributed by atoms with E-state index in [0.29, 0.717) is 0 Å². The lowest BCUT2D eigenvalue weighted by molar-refractivity contribution is -0.384. The molecule has 1 N–H and O–H groups in total.